The van der Waals surface area contributed by atoms with E-state index in [2.05, 4.69) is 0 Å². The predicted octanol–water partition coefficient (Wildman–Crippen LogP) is 1.96. The Morgan fingerprint density at radius 2 is 2.10 bits per heavy atom. The molecule has 1 aliphatic rings. The van der Waals surface area contributed by atoms with Gasteiger partial charge in [-0.2, -0.15) is 4.31 Å². The lowest BCUT2D eigenvalue weighted by molar-refractivity contribution is -0.137. The maximum absolute atomic E-state index is 13.0. The maximum atomic E-state index is 13.0. The number of carboxylic acids is 1. The van der Waals surface area contributed by atoms with E-state index in [9.17, 15) is 17.6 Å². The van der Waals surface area contributed by atoms with Crippen molar-refractivity contribution >= 4 is 27.6 Å². The van der Waals surface area contributed by atoms with E-state index in [0.29, 0.717) is 0 Å². The zero-order valence-electron chi connectivity index (χ0n) is 10.4. The van der Waals surface area contributed by atoms with Crippen molar-refractivity contribution in [1.82, 2.24) is 4.31 Å². The van der Waals surface area contributed by atoms with E-state index in [-0.39, 0.29) is 22.4 Å². The first kappa shape index (κ1) is 15.2. The van der Waals surface area contributed by atoms with E-state index in [1.165, 1.54) is 0 Å². The molecule has 0 atom stereocenters. The number of nitrogens with zero attached hydrogens (tertiary/aromatic N) is 1. The van der Waals surface area contributed by atoms with Crippen LogP contribution in [0.4, 0.5) is 4.39 Å². The Balaban J connectivity index is 2.35. The van der Waals surface area contributed by atoms with Crippen LogP contribution >= 0.6 is 11.6 Å². The van der Waals surface area contributed by atoms with Crippen molar-refractivity contribution in [3.63, 3.8) is 0 Å². The largest absolute Gasteiger partial charge is 0.480 e. The molecule has 110 valence electrons. The molecule has 0 saturated heterocycles. The summed E-state index contributed by atoms with van der Waals surface area (Å²) in [5, 5.41) is 8.59. The number of hydrogen-bond acceptors (Lipinski definition) is 3. The van der Waals surface area contributed by atoms with Crippen LogP contribution in [0.5, 0.6) is 0 Å². The molecule has 0 heterocycles. The summed E-state index contributed by atoms with van der Waals surface area (Å²) in [5.74, 6) is -1.71. The second-order valence-electron chi connectivity index (χ2n) is 4.71. The normalized spacial score (nSPS) is 15.6. The van der Waals surface area contributed by atoms with Crippen LogP contribution in [0, 0.1) is 11.7 Å². The molecule has 0 aliphatic heterocycles. The highest BCUT2D eigenvalue weighted by molar-refractivity contribution is 7.89. The van der Waals surface area contributed by atoms with Crippen molar-refractivity contribution in [2.75, 3.05) is 13.1 Å². The highest BCUT2D eigenvalue weighted by Gasteiger charge is 2.34. The average molecular weight is 322 g/mol. The fourth-order valence-corrected chi connectivity index (χ4v) is 3.78. The Kier molecular flexibility index (Phi) is 4.31. The van der Waals surface area contributed by atoms with E-state index in [4.69, 9.17) is 16.7 Å². The van der Waals surface area contributed by atoms with Crippen LogP contribution in [0.1, 0.15) is 12.8 Å². The molecule has 0 radical (unpaired) electrons. The predicted molar refractivity (Wildman–Crippen MR) is 70.5 cm³/mol. The number of carboxylic acid groups (broad SMARTS) is 1. The quantitative estimate of drug-likeness (QED) is 0.869. The van der Waals surface area contributed by atoms with Gasteiger partial charge in [-0.25, -0.2) is 12.8 Å². The lowest BCUT2D eigenvalue weighted by atomic mass is 10.3. The molecule has 1 aliphatic carbocycles. The summed E-state index contributed by atoms with van der Waals surface area (Å²) in [6, 6.07) is 2.92. The summed E-state index contributed by atoms with van der Waals surface area (Å²) in [6.45, 7) is -0.491. The van der Waals surface area contributed by atoms with E-state index < -0.39 is 28.4 Å². The Bertz CT molecular complexity index is 630. The standard InChI is InChI=1S/C12H13ClFNO4S/c13-10-5-9(14)3-4-11(10)20(18,19)15(7-12(16)17)6-8-1-2-8/h3-5,8H,1-2,6-7H2,(H,16,17). The van der Waals surface area contributed by atoms with E-state index in [1.54, 1.807) is 0 Å². The molecule has 1 fully saturated rings. The first-order valence-electron chi connectivity index (χ1n) is 5.97. The van der Waals surface area contributed by atoms with Crippen LogP contribution in [0.15, 0.2) is 23.1 Å². The van der Waals surface area contributed by atoms with Gasteiger partial charge >= 0.3 is 5.97 Å². The third-order valence-electron chi connectivity index (χ3n) is 2.98. The third-order valence-corrected chi connectivity index (χ3v) is 5.28. The molecule has 0 unspecified atom stereocenters. The Labute approximate surface area is 121 Å². The molecule has 0 aromatic heterocycles. The van der Waals surface area contributed by atoms with E-state index in [0.717, 1.165) is 35.3 Å². The van der Waals surface area contributed by atoms with Crippen LogP contribution in [0.3, 0.4) is 0 Å². The van der Waals surface area contributed by atoms with Crippen LogP contribution in [-0.4, -0.2) is 36.9 Å². The molecule has 0 amide bonds. The van der Waals surface area contributed by atoms with Gasteiger partial charge in [-0.15, -0.1) is 0 Å². The number of aliphatic carboxylic acids is 1. The van der Waals surface area contributed by atoms with Gasteiger partial charge in [0.05, 0.1) is 5.02 Å². The number of hydrogen-bond donors (Lipinski definition) is 1. The topological polar surface area (TPSA) is 74.7 Å². The van der Waals surface area contributed by atoms with Crippen molar-refractivity contribution in [3.8, 4) is 0 Å². The zero-order chi connectivity index (χ0) is 14.9. The Morgan fingerprint density at radius 1 is 1.45 bits per heavy atom. The molecular weight excluding hydrogens is 309 g/mol. The summed E-state index contributed by atoms with van der Waals surface area (Å²) < 4.78 is 38.7. The Morgan fingerprint density at radius 3 is 2.60 bits per heavy atom. The van der Waals surface area contributed by atoms with E-state index >= 15 is 0 Å². The highest BCUT2D eigenvalue weighted by atomic mass is 35.5. The first-order valence-corrected chi connectivity index (χ1v) is 7.79. The first-order chi connectivity index (χ1) is 9.30. The lowest BCUT2D eigenvalue weighted by Crippen LogP contribution is -2.37. The van der Waals surface area contributed by atoms with Gasteiger partial charge in [-0.1, -0.05) is 11.6 Å². The molecule has 8 heteroatoms. The molecular formula is C12H13ClFNO4S. The SMILES string of the molecule is O=C(O)CN(CC1CC1)S(=O)(=O)c1ccc(F)cc1Cl. The van der Waals surface area contributed by atoms with Crippen molar-refractivity contribution in [3.05, 3.63) is 29.0 Å². The number of carbonyl (C=O) groups is 1. The molecule has 1 saturated carbocycles. The van der Waals surface area contributed by atoms with Gasteiger partial charge in [0.15, 0.2) is 0 Å². The minimum Gasteiger partial charge on any atom is -0.480 e. The van der Waals surface area contributed by atoms with E-state index in [1.807, 2.05) is 0 Å². The third kappa shape index (κ3) is 3.47. The highest BCUT2D eigenvalue weighted by Crippen LogP contribution is 2.33. The summed E-state index contributed by atoms with van der Waals surface area (Å²) in [6.07, 6.45) is 1.76. The van der Waals surface area contributed by atoms with Crippen LogP contribution in [0.25, 0.3) is 0 Å². The summed E-state index contributed by atoms with van der Waals surface area (Å²) in [5.41, 5.74) is 0. The van der Waals surface area contributed by atoms with Crippen molar-refractivity contribution < 1.29 is 22.7 Å². The van der Waals surface area contributed by atoms with Gasteiger partial charge in [0.25, 0.3) is 0 Å². The van der Waals surface area contributed by atoms with Gasteiger partial charge in [0, 0.05) is 6.54 Å². The summed E-state index contributed by atoms with van der Waals surface area (Å²) >= 11 is 5.75. The smallest absolute Gasteiger partial charge is 0.318 e. The molecule has 1 aromatic rings. The fraction of sp³-hybridized carbons (Fsp3) is 0.417. The van der Waals surface area contributed by atoms with Crippen LogP contribution in [-0.2, 0) is 14.8 Å². The molecule has 0 spiro atoms. The maximum Gasteiger partial charge on any atom is 0.318 e. The Hall–Kier alpha value is -1.18. The summed E-state index contributed by atoms with van der Waals surface area (Å²) in [4.78, 5) is 10.6. The number of halogens is 2. The minimum atomic E-state index is -4.04. The number of rotatable bonds is 6. The summed E-state index contributed by atoms with van der Waals surface area (Å²) in [7, 11) is -4.04. The molecule has 2 rings (SSSR count). The van der Waals surface area contributed by atoms with Crippen molar-refractivity contribution in [2.24, 2.45) is 5.92 Å². The molecule has 5 nitrogen and oxygen atoms in total. The number of sulfonamides is 1. The van der Waals surface area contributed by atoms with Gasteiger partial charge < -0.3 is 5.11 Å². The van der Waals surface area contributed by atoms with Crippen LogP contribution in [0.2, 0.25) is 5.02 Å². The number of benzene rings is 1. The van der Waals surface area contributed by atoms with Crippen molar-refractivity contribution in [2.45, 2.75) is 17.7 Å². The van der Waals surface area contributed by atoms with Crippen molar-refractivity contribution in [1.29, 1.82) is 0 Å². The second-order valence-corrected chi connectivity index (χ2v) is 7.02. The molecule has 1 aromatic carbocycles. The lowest BCUT2D eigenvalue weighted by Gasteiger charge is -2.20. The zero-order valence-corrected chi connectivity index (χ0v) is 12.0. The minimum absolute atomic E-state index is 0.141. The van der Waals surface area contributed by atoms with Gasteiger partial charge in [0.2, 0.25) is 10.0 Å². The monoisotopic (exact) mass is 321 g/mol. The molecule has 20 heavy (non-hydrogen) atoms. The molecule has 1 N–H and O–H groups in total. The average Bonchev–Trinajstić information content (AvgIpc) is 3.10. The van der Waals surface area contributed by atoms with Gasteiger partial charge in [0.1, 0.15) is 17.3 Å². The fourth-order valence-electron chi connectivity index (χ4n) is 1.81. The second kappa shape index (κ2) is 5.67. The molecule has 0 bridgehead atoms. The van der Waals surface area contributed by atoms with Gasteiger partial charge in [-0.05, 0) is 37.0 Å². The van der Waals surface area contributed by atoms with Crippen LogP contribution < -0.4 is 0 Å². The van der Waals surface area contributed by atoms with Gasteiger partial charge in [-0.3, -0.25) is 4.79 Å².